The molecular weight excluding hydrogens is 332 g/mol. The summed E-state index contributed by atoms with van der Waals surface area (Å²) < 4.78 is 0. The summed E-state index contributed by atoms with van der Waals surface area (Å²) in [6.45, 7) is 6.54. The molecule has 3 nitrogen and oxygen atoms in total. The molecule has 0 spiro atoms. The van der Waals surface area contributed by atoms with Crippen molar-refractivity contribution >= 4 is 0 Å². The minimum Gasteiger partial charge on any atom is -0.508 e. The summed E-state index contributed by atoms with van der Waals surface area (Å²) in [5, 5.41) is 16.9. The molecule has 3 heteroatoms. The van der Waals surface area contributed by atoms with Gasteiger partial charge < -0.3 is 15.7 Å². The molecule has 148 valence electrons. The third-order valence-corrected chi connectivity index (χ3v) is 5.46. The average molecular weight is 369 g/mol. The lowest BCUT2D eigenvalue weighted by molar-refractivity contribution is 0.192. The summed E-state index contributed by atoms with van der Waals surface area (Å²) in [6.07, 6.45) is 5.71. The highest BCUT2D eigenvalue weighted by molar-refractivity contribution is 5.33. The number of rotatable bonds is 5. The quantitative estimate of drug-likeness (QED) is 0.696. The fourth-order valence-corrected chi connectivity index (χ4v) is 3.99. The molecule has 1 aliphatic rings. The van der Waals surface area contributed by atoms with Crippen molar-refractivity contribution in [2.75, 3.05) is 7.05 Å². The molecular formula is C24H36N2O. The van der Waals surface area contributed by atoms with Gasteiger partial charge in [0.1, 0.15) is 5.75 Å². The number of hydrogen-bond acceptors (Lipinski definition) is 3. The normalized spacial score (nSPS) is 22.2. The van der Waals surface area contributed by atoms with E-state index in [1.165, 1.54) is 24.0 Å². The van der Waals surface area contributed by atoms with Gasteiger partial charge in [-0.05, 0) is 62.4 Å². The Morgan fingerprint density at radius 1 is 1.04 bits per heavy atom. The maximum absolute atomic E-state index is 9.75. The van der Waals surface area contributed by atoms with E-state index in [4.69, 9.17) is 0 Å². The number of hydrogen-bond donors (Lipinski definition) is 3. The molecule has 1 fully saturated rings. The first kappa shape index (κ1) is 21.5. The van der Waals surface area contributed by atoms with Crippen LogP contribution in [-0.2, 0) is 12.0 Å². The molecule has 0 amide bonds. The fraction of sp³-hybridized carbons (Fsp3) is 0.500. The van der Waals surface area contributed by atoms with Crippen LogP contribution in [0.3, 0.4) is 0 Å². The van der Waals surface area contributed by atoms with Crippen molar-refractivity contribution in [3.63, 3.8) is 0 Å². The first-order valence-electron chi connectivity index (χ1n) is 10.3. The molecule has 0 saturated heterocycles. The predicted molar refractivity (Wildman–Crippen MR) is 115 cm³/mol. The largest absolute Gasteiger partial charge is 0.508 e. The third kappa shape index (κ3) is 6.37. The van der Waals surface area contributed by atoms with Gasteiger partial charge in [-0.1, -0.05) is 63.2 Å². The third-order valence-electron chi connectivity index (χ3n) is 5.46. The van der Waals surface area contributed by atoms with Crippen LogP contribution in [0.5, 0.6) is 5.75 Å². The number of aryl methyl sites for hydroxylation is 1. The minimum absolute atomic E-state index is 0.0141. The first-order chi connectivity index (χ1) is 13.0. The Morgan fingerprint density at radius 3 is 2.19 bits per heavy atom. The lowest BCUT2D eigenvalue weighted by Gasteiger charge is -2.43. The molecule has 3 rings (SSSR count). The van der Waals surface area contributed by atoms with Gasteiger partial charge in [-0.25, -0.2) is 0 Å². The highest BCUT2D eigenvalue weighted by atomic mass is 16.3. The Balaban J connectivity index is 0.000000273. The molecule has 1 saturated carbocycles. The Bertz CT molecular complexity index is 661. The van der Waals surface area contributed by atoms with Crippen molar-refractivity contribution < 1.29 is 5.11 Å². The zero-order chi connectivity index (χ0) is 19.7. The van der Waals surface area contributed by atoms with Gasteiger partial charge in [0.2, 0.25) is 0 Å². The number of phenolic OH excluding ortho intramolecular Hbond substituents is 1. The second kappa shape index (κ2) is 10.5. The second-order valence-corrected chi connectivity index (χ2v) is 7.83. The highest BCUT2D eigenvalue weighted by Gasteiger charge is 2.36. The van der Waals surface area contributed by atoms with Crippen molar-refractivity contribution in [3.05, 3.63) is 65.7 Å². The molecule has 0 aliphatic heterocycles. The first-order valence-corrected chi connectivity index (χ1v) is 10.3. The Kier molecular flexibility index (Phi) is 8.33. The summed E-state index contributed by atoms with van der Waals surface area (Å²) in [4.78, 5) is 0. The van der Waals surface area contributed by atoms with Gasteiger partial charge in [0, 0.05) is 17.6 Å². The van der Waals surface area contributed by atoms with E-state index < -0.39 is 0 Å². The van der Waals surface area contributed by atoms with Gasteiger partial charge in [0.25, 0.3) is 0 Å². The van der Waals surface area contributed by atoms with E-state index in [9.17, 15) is 5.11 Å². The van der Waals surface area contributed by atoms with Crippen molar-refractivity contribution in [1.82, 2.24) is 10.6 Å². The van der Waals surface area contributed by atoms with Gasteiger partial charge in [-0.15, -0.1) is 0 Å². The lowest BCUT2D eigenvalue weighted by atomic mass is 9.74. The van der Waals surface area contributed by atoms with Crippen LogP contribution < -0.4 is 10.6 Å². The van der Waals surface area contributed by atoms with Crippen LogP contribution in [0.15, 0.2) is 54.6 Å². The molecule has 1 aliphatic carbocycles. The summed E-state index contributed by atoms with van der Waals surface area (Å²) in [5.41, 5.74) is 2.64. The topological polar surface area (TPSA) is 44.3 Å². The van der Waals surface area contributed by atoms with E-state index in [0.717, 1.165) is 19.3 Å². The number of aromatic hydroxyl groups is 1. The summed E-state index contributed by atoms with van der Waals surface area (Å²) in [5.74, 6) is 0.359. The number of nitrogens with one attached hydrogen (secondary N) is 2. The van der Waals surface area contributed by atoms with E-state index in [2.05, 4.69) is 61.7 Å². The van der Waals surface area contributed by atoms with E-state index in [1.54, 1.807) is 6.07 Å². The van der Waals surface area contributed by atoms with E-state index in [1.807, 2.05) is 25.2 Å². The molecule has 0 bridgehead atoms. The summed E-state index contributed by atoms with van der Waals surface area (Å²) in [7, 11) is 2.04. The second-order valence-electron chi connectivity index (χ2n) is 7.83. The molecule has 0 radical (unpaired) electrons. The van der Waals surface area contributed by atoms with Crippen LogP contribution in [-0.4, -0.2) is 24.2 Å². The van der Waals surface area contributed by atoms with Gasteiger partial charge >= 0.3 is 0 Å². The van der Waals surface area contributed by atoms with E-state index in [0.29, 0.717) is 17.8 Å². The van der Waals surface area contributed by atoms with Crippen LogP contribution >= 0.6 is 0 Å². The zero-order valence-electron chi connectivity index (χ0n) is 17.3. The number of benzene rings is 2. The maximum Gasteiger partial charge on any atom is 0.115 e. The van der Waals surface area contributed by atoms with Crippen LogP contribution in [0.25, 0.3) is 0 Å². The smallest absolute Gasteiger partial charge is 0.115 e. The van der Waals surface area contributed by atoms with Crippen LogP contribution in [0.1, 0.15) is 57.6 Å². The fourth-order valence-electron chi connectivity index (χ4n) is 3.99. The van der Waals surface area contributed by atoms with Crippen molar-refractivity contribution in [3.8, 4) is 5.75 Å². The Morgan fingerprint density at radius 2 is 1.70 bits per heavy atom. The van der Waals surface area contributed by atoms with Gasteiger partial charge in [-0.3, -0.25) is 0 Å². The minimum atomic E-state index is 0.0141. The predicted octanol–water partition coefficient (Wildman–Crippen LogP) is 5.00. The molecule has 0 aromatic heterocycles. The van der Waals surface area contributed by atoms with E-state index >= 15 is 0 Å². The molecule has 0 unspecified atom stereocenters. The van der Waals surface area contributed by atoms with Crippen LogP contribution in [0.2, 0.25) is 0 Å². The maximum atomic E-state index is 9.75. The highest BCUT2D eigenvalue weighted by Crippen LogP contribution is 2.38. The average Bonchev–Trinajstić information content (AvgIpc) is 2.69. The molecule has 0 atom stereocenters. The van der Waals surface area contributed by atoms with Crippen LogP contribution in [0.4, 0.5) is 0 Å². The molecule has 3 N–H and O–H groups in total. The van der Waals surface area contributed by atoms with Crippen molar-refractivity contribution in [2.24, 2.45) is 0 Å². The standard InChI is InChI=1S/C16H26N2O.C8H10/c1-12(2)18-16(9-7-14(17-3)8-10-16)13-5-4-6-15(19)11-13;1-2-8-6-4-3-5-7-8/h4-6,11-12,14,17-19H,7-10H2,1-3H3;3-7H,2H2,1H3. The molecule has 0 heterocycles. The zero-order valence-corrected chi connectivity index (χ0v) is 17.3. The van der Waals surface area contributed by atoms with Crippen molar-refractivity contribution in [1.29, 1.82) is 0 Å². The lowest BCUT2D eigenvalue weighted by Crippen LogP contribution is -2.50. The van der Waals surface area contributed by atoms with Crippen LogP contribution in [0, 0.1) is 0 Å². The molecule has 27 heavy (non-hydrogen) atoms. The number of phenols is 1. The van der Waals surface area contributed by atoms with Crippen molar-refractivity contribution in [2.45, 2.75) is 70.5 Å². The Labute approximate surface area is 165 Å². The molecule has 2 aromatic carbocycles. The Hall–Kier alpha value is -1.84. The summed E-state index contributed by atoms with van der Waals surface area (Å²) >= 11 is 0. The van der Waals surface area contributed by atoms with Gasteiger partial charge in [0.15, 0.2) is 0 Å². The van der Waals surface area contributed by atoms with Gasteiger partial charge in [-0.2, -0.15) is 0 Å². The van der Waals surface area contributed by atoms with Gasteiger partial charge in [0.05, 0.1) is 0 Å². The molecule has 2 aromatic rings. The van der Waals surface area contributed by atoms with E-state index in [-0.39, 0.29) is 5.54 Å². The SMILES string of the molecule is CCc1ccccc1.CNC1CCC(NC(C)C)(c2cccc(O)c2)CC1. The summed E-state index contributed by atoms with van der Waals surface area (Å²) in [6, 6.07) is 19.2. The monoisotopic (exact) mass is 368 g/mol.